The third kappa shape index (κ3) is 3.72. The number of hydrogen-bond acceptors (Lipinski definition) is 4. The van der Waals surface area contributed by atoms with E-state index >= 15 is 0 Å². The molecule has 8 heteroatoms. The fourth-order valence-corrected chi connectivity index (χ4v) is 3.37. The molecule has 0 spiro atoms. The maximum absolute atomic E-state index is 13.0. The van der Waals surface area contributed by atoms with Gasteiger partial charge in [-0.25, -0.2) is 15.2 Å². The van der Waals surface area contributed by atoms with Crippen LogP contribution in [-0.4, -0.2) is 34.0 Å². The average Bonchev–Trinajstić information content (AvgIpc) is 2.92. The van der Waals surface area contributed by atoms with Crippen LogP contribution >= 0.6 is 15.9 Å². The summed E-state index contributed by atoms with van der Waals surface area (Å²) >= 11 is 3.36. The van der Waals surface area contributed by atoms with Gasteiger partial charge in [0.15, 0.2) is 0 Å². The number of imide groups is 1. The molecule has 0 bridgehead atoms. The molecular formula is C19H18BrN3O4. The van der Waals surface area contributed by atoms with Gasteiger partial charge >= 0.3 is 6.03 Å². The van der Waals surface area contributed by atoms with Crippen LogP contribution in [0.3, 0.4) is 0 Å². The SMILES string of the molecule is CC(C(=O)NO)C1C(=O)N(c2ccccc2)C(=O)N1Cc1ccc(Br)cc1. The minimum absolute atomic E-state index is 0.162. The Morgan fingerprint density at radius 3 is 2.37 bits per heavy atom. The minimum atomic E-state index is -1.02. The highest BCUT2D eigenvalue weighted by Crippen LogP contribution is 2.30. The van der Waals surface area contributed by atoms with E-state index in [9.17, 15) is 14.4 Å². The number of hydroxylamine groups is 1. The molecule has 1 aliphatic heterocycles. The fourth-order valence-electron chi connectivity index (χ4n) is 3.10. The van der Waals surface area contributed by atoms with Gasteiger partial charge in [0.05, 0.1) is 11.6 Å². The van der Waals surface area contributed by atoms with Gasteiger partial charge in [0, 0.05) is 11.0 Å². The van der Waals surface area contributed by atoms with Crippen LogP contribution in [0.15, 0.2) is 59.1 Å². The smallest absolute Gasteiger partial charge is 0.307 e. The molecule has 4 amide bonds. The fraction of sp³-hybridized carbons (Fsp3) is 0.211. The lowest BCUT2D eigenvalue weighted by atomic mass is 9.99. The number of rotatable bonds is 5. The van der Waals surface area contributed by atoms with Crippen LogP contribution in [0.25, 0.3) is 0 Å². The standard InChI is InChI=1S/C19H18BrN3O4/c1-12(17(24)21-27)16-18(25)23(15-5-3-2-4-6-15)19(26)22(16)11-13-7-9-14(20)10-8-13/h2-10,12,16,27H,11H2,1H3,(H,21,24). The molecule has 7 nitrogen and oxygen atoms in total. The summed E-state index contributed by atoms with van der Waals surface area (Å²) in [5.74, 6) is -2.15. The number of halogens is 1. The molecule has 2 N–H and O–H groups in total. The predicted molar refractivity (Wildman–Crippen MR) is 102 cm³/mol. The molecule has 2 aromatic carbocycles. The van der Waals surface area contributed by atoms with E-state index < -0.39 is 29.8 Å². The first-order valence-corrected chi connectivity index (χ1v) is 9.11. The van der Waals surface area contributed by atoms with E-state index in [0.29, 0.717) is 5.69 Å². The van der Waals surface area contributed by atoms with Crippen molar-refractivity contribution in [1.29, 1.82) is 0 Å². The van der Waals surface area contributed by atoms with Crippen LogP contribution in [0.5, 0.6) is 0 Å². The molecule has 1 heterocycles. The average molecular weight is 432 g/mol. The monoisotopic (exact) mass is 431 g/mol. The van der Waals surface area contributed by atoms with Crippen molar-refractivity contribution < 1.29 is 19.6 Å². The van der Waals surface area contributed by atoms with Crippen LogP contribution in [-0.2, 0) is 16.1 Å². The lowest BCUT2D eigenvalue weighted by Crippen LogP contribution is -2.45. The molecule has 3 rings (SSSR count). The summed E-state index contributed by atoms with van der Waals surface area (Å²) < 4.78 is 0.894. The number of anilines is 1. The van der Waals surface area contributed by atoms with E-state index in [1.807, 2.05) is 24.3 Å². The van der Waals surface area contributed by atoms with E-state index in [1.165, 1.54) is 11.8 Å². The molecule has 1 aliphatic rings. The predicted octanol–water partition coefficient (Wildman–Crippen LogP) is 2.93. The van der Waals surface area contributed by atoms with Crippen molar-refractivity contribution in [2.24, 2.45) is 5.92 Å². The summed E-state index contributed by atoms with van der Waals surface area (Å²) in [6.45, 7) is 1.67. The first kappa shape index (κ1) is 19.1. The number of carbonyl (C=O) groups is 3. The second-order valence-corrected chi connectivity index (χ2v) is 7.17. The van der Waals surface area contributed by atoms with Crippen LogP contribution in [0.2, 0.25) is 0 Å². The van der Waals surface area contributed by atoms with Gasteiger partial charge in [0.2, 0.25) is 5.91 Å². The Kier molecular flexibility index (Phi) is 5.57. The molecule has 2 unspecified atom stereocenters. The molecule has 0 aliphatic carbocycles. The highest BCUT2D eigenvalue weighted by atomic mass is 79.9. The van der Waals surface area contributed by atoms with E-state index in [4.69, 9.17) is 5.21 Å². The van der Waals surface area contributed by atoms with Gasteiger partial charge < -0.3 is 4.90 Å². The topological polar surface area (TPSA) is 90.0 Å². The summed E-state index contributed by atoms with van der Waals surface area (Å²) in [5, 5.41) is 8.97. The first-order chi connectivity index (χ1) is 12.9. The molecule has 1 saturated heterocycles. The lowest BCUT2D eigenvalue weighted by Gasteiger charge is -2.25. The van der Waals surface area contributed by atoms with Gasteiger partial charge in [-0.05, 0) is 29.8 Å². The number of para-hydroxylation sites is 1. The molecule has 0 aromatic heterocycles. The first-order valence-electron chi connectivity index (χ1n) is 8.32. The van der Waals surface area contributed by atoms with Crippen molar-refractivity contribution in [3.05, 3.63) is 64.6 Å². The van der Waals surface area contributed by atoms with Crippen LogP contribution in [0.1, 0.15) is 12.5 Å². The van der Waals surface area contributed by atoms with E-state index in [-0.39, 0.29) is 6.54 Å². The van der Waals surface area contributed by atoms with Crippen LogP contribution in [0.4, 0.5) is 10.5 Å². The number of hydrogen-bond donors (Lipinski definition) is 2. The van der Waals surface area contributed by atoms with Crippen LogP contribution in [0, 0.1) is 5.92 Å². The summed E-state index contributed by atoms with van der Waals surface area (Å²) in [6, 6.07) is 14.4. The zero-order chi connectivity index (χ0) is 19.6. The highest BCUT2D eigenvalue weighted by Gasteiger charge is 2.49. The zero-order valence-electron chi connectivity index (χ0n) is 14.5. The van der Waals surface area contributed by atoms with E-state index in [2.05, 4.69) is 15.9 Å². The van der Waals surface area contributed by atoms with Gasteiger partial charge in [-0.3, -0.25) is 14.8 Å². The summed E-state index contributed by atoms with van der Waals surface area (Å²) in [5.41, 5.74) is 2.82. The van der Waals surface area contributed by atoms with Crippen molar-refractivity contribution in [3.8, 4) is 0 Å². The Hall–Kier alpha value is -2.71. The van der Waals surface area contributed by atoms with Crippen LogP contribution < -0.4 is 10.4 Å². The van der Waals surface area contributed by atoms with Gasteiger partial charge in [-0.1, -0.05) is 53.2 Å². The third-order valence-corrected chi connectivity index (χ3v) is 5.05. The number of benzene rings is 2. The number of carbonyl (C=O) groups excluding carboxylic acids is 3. The third-order valence-electron chi connectivity index (χ3n) is 4.52. The molecule has 0 saturated carbocycles. The number of nitrogens with zero attached hydrogens (tertiary/aromatic N) is 2. The normalized spacial score (nSPS) is 18.0. The molecule has 140 valence electrons. The number of nitrogens with one attached hydrogen (secondary N) is 1. The Balaban J connectivity index is 1.98. The molecule has 27 heavy (non-hydrogen) atoms. The van der Waals surface area contributed by atoms with Crippen molar-refractivity contribution in [3.63, 3.8) is 0 Å². The van der Waals surface area contributed by atoms with Crippen molar-refractivity contribution in [2.45, 2.75) is 19.5 Å². The Morgan fingerprint density at radius 2 is 1.78 bits per heavy atom. The Bertz CT molecular complexity index is 857. The van der Waals surface area contributed by atoms with Crippen molar-refractivity contribution in [1.82, 2.24) is 10.4 Å². The van der Waals surface area contributed by atoms with Gasteiger partial charge in [-0.2, -0.15) is 0 Å². The van der Waals surface area contributed by atoms with Gasteiger partial charge in [0.25, 0.3) is 5.91 Å². The second kappa shape index (κ2) is 7.89. The number of urea groups is 1. The molecule has 2 aromatic rings. The van der Waals surface area contributed by atoms with E-state index in [0.717, 1.165) is 14.9 Å². The van der Waals surface area contributed by atoms with Crippen molar-refractivity contribution >= 4 is 39.5 Å². The highest BCUT2D eigenvalue weighted by molar-refractivity contribution is 9.10. The Labute approximate surface area is 164 Å². The molecule has 1 fully saturated rings. The minimum Gasteiger partial charge on any atom is -0.307 e. The van der Waals surface area contributed by atoms with Crippen molar-refractivity contribution in [2.75, 3.05) is 4.90 Å². The maximum atomic E-state index is 13.0. The summed E-state index contributed by atoms with van der Waals surface area (Å²) in [7, 11) is 0. The quantitative estimate of drug-likeness (QED) is 0.432. The second-order valence-electron chi connectivity index (χ2n) is 6.26. The lowest BCUT2D eigenvalue weighted by molar-refractivity contribution is -0.137. The summed E-state index contributed by atoms with van der Waals surface area (Å²) in [6.07, 6.45) is 0. The summed E-state index contributed by atoms with van der Waals surface area (Å²) in [4.78, 5) is 40.5. The molecule has 0 radical (unpaired) electrons. The maximum Gasteiger partial charge on any atom is 0.332 e. The Morgan fingerprint density at radius 1 is 1.15 bits per heavy atom. The molecule has 2 atom stereocenters. The molecular weight excluding hydrogens is 414 g/mol. The van der Waals surface area contributed by atoms with Gasteiger partial charge in [-0.15, -0.1) is 0 Å². The zero-order valence-corrected chi connectivity index (χ0v) is 16.1. The van der Waals surface area contributed by atoms with E-state index in [1.54, 1.807) is 35.8 Å². The van der Waals surface area contributed by atoms with Gasteiger partial charge in [0.1, 0.15) is 6.04 Å². The number of amides is 4. The largest absolute Gasteiger partial charge is 0.332 e.